The molecule has 9 nitrogen and oxygen atoms in total. The second kappa shape index (κ2) is 7.99. The number of rotatable bonds is 6. The van der Waals surface area contributed by atoms with Crippen molar-refractivity contribution >= 4 is 40.6 Å². The van der Waals surface area contributed by atoms with E-state index in [9.17, 15) is 14.9 Å². The van der Waals surface area contributed by atoms with Gasteiger partial charge in [-0.15, -0.1) is 0 Å². The Balaban J connectivity index is 1.69. The van der Waals surface area contributed by atoms with Gasteiger partial charge in [0.1, 0.15) is 18.4 Å². The molecular formula is C17H16Cl2N6O3. The molecule has 0 radical (unpaired) electrons. The average molecular weight is 423 g/mol. The van der Waals surface area contributed by atoms with Crippen LogP contribution in [-0.4, -0.2) is 30.4 Å². The first-order valence-corrected chi connectivity index (χ1v) is 8.95. The van der Waals surface area contributed by atoms with E-state index in [1.165, 1.54) is 11.6 Å². The molecule has 1 amide bonds. The number of carbonyl (C=O) groups is 1. The number of aryl methyl sites for hydroxylation is 1. The normalized spacial score (nSPS) is 10.9. The molecule has 0 unspecified atom stereocenters. The summed E-state index contributed by atoms with van der Waals surface area (Å²) in [6, 6.07) is 6.94. The number of benzene rings is 1. The van der Waals surface area contributed by atoms with Crippen LogP contribution in [0.1, 0.15) is 17.0 Å². The third-order valence-electron chi connectivity index (χ3n) is 4.15. The number of anilines is 1. The number of hydrogen-bond donors (Lipinski definition) is 1. The van der Waals surface area contributed by atoms with Gasteiger partial charge >= 0.3 is 5.69 Å². The van der Waals surface area contributed by atoms with Gasteiger partial charge in [-0.3, -0.25) is 24.3 Å². The Bertz CT molecular complexity index is 1060. The number of hydrogen-bond acceptors (Lipinski definition) is 5. The molecule has 2 heterocycles. The van der Waals surface area contributed by atoms with Gasteiger partial charge in [0.25, 0.3) is 0 Å². The zero-order valence-corrected chi connectivity index (χ0v) is 16.5. The van der Waals surface area contributed by atoms with Gasteiger partial charge in [0.05, 0.1) is 11.5 Å². The van der Waals surface area contributed by atoms with Crippen LogP contribution in [0.3, 0.4) is 0 Å². The van der Waals surface area contributed by atoms with Crippen LogP contribution in [0.15, 0.2) is 30.5 Å². The van der Waals surface area contributed by atoms with Gasteiger partial charge in [0.15, 0.2) is 5.82 Å². The molecule has 146 valence electrons. The lowest BCUT2D eigenvalue weighted by Crippen LogP contribution is -2.20. The fourth-order valence-corrected chi connectivity index (χ4v) is 3.10. The Labute approximate surface area is 170 Å². The van der Waals surface area contributed by atoms with Crippen LogP contribution in [0.4, 0.5) is 11.5 Å². The first-order chi connectivity index (χ1) is 13.2. The van der Waals surface area contributed by atoms with Crippen molar-refractivity contribution in [1.82, 2.24) is 19.6 Å². The molecule has 0 aliphatic carbocycles. The van der Waals surface area contributed by atoms with Crippen molar-refractivity contribution in [3.05, 3.63) is 67.6 Å². The fraction of sp³-hybridized carbons (Fsp3) is 0.235. The summed E-state index contributed by atoms with van der Waals surface area (Å²) >= 11 is 12.1. The molecule has 1 aromatic carbocycles. The third kappa shape index (κ3) is 4.32. The molecule has 0 aliphatic heterocycles. The molecule has 3 aromatic rings. The topological polar surface area (TPSA) is 108 Å². The van der Waals surface area contributed by atoms with Gasteiger partial charge in [-0.1, -0.05) is 29.3 Å². The van der Waals surface area contributed by atoms with Crippen molar-refractivity contribution in [1.29, 1.82) is 0 Å². The average Bonchev–Trinajstić information content (AvgIpc) is 3.13. The largest absolute Gasteiger partial charge is 0.309 e. The van der Waals surface area contributed by atoms with Crippen LogP contribution in [-0.2, 0) is 17.9 Å². The molecule has 0 fully saturated rings. The lowest BCUT2D eigenvalue weighted by atomic mass is 10.2. The van der Waals surface area contributed by atoms with Crippen LogP contribution in [0, 0.1) is 24.0 Å². The summed E-state index contributed by atoms with van der Waals surface area (Å²) in [5.41, 5.74) is 1.84. The molecule has 28 heavy (non-hydrogen) atoms. The first kappa shape index (κ1) is 19.8. The number of amides is 1. The maximum atomic E-state index is 12.3. The smallest absolute Gasteiger partial charge is 0.308 e. The minimum absolute atomic E-state index is 0.132. The molecule has 0 bridgehead atoms. The van der Waals surface area contributed by atoms with Gasteiger partial charge < -0.3 is 5.32 Å². The summed E-state index contributed by atoms with van der Waals surface area (Å²) in [5.74, 6) is -0.0258. The van der Waals surface area contributed by atoms with E-state index in [0.717, 1.165) is 17.5 Å². The molecule has 0 saturated heterocycles. The van der Waals surface area contributed by atoms with Crippen LogP contribution >= 0.6 is 23.2 Å². The highest BCUT2D eigenvalue weighted by molar-refractivity contribution is 6.35. The molecule has 2 aromatic heterocycles. The van der Waals surface area contributed by atoms with E-state index in [0.29, 0.717) is 28.1 Å². The molecule has 0 saturated carbocycles. The van der Waals surface area contributed by atoms with E-state index >= 15 is 0 Å². The zero-order chi connectivity index (χ0) is 20.4. The first-order valence-electron chi connectivity index (χ1n) is 8.19. The Morgan fingerprint density at radius 2 is 2.00 bits per heavy atom. The summed E-state index contributed by atoms with van der Waals surface area (Å²) in [4.78, 5) is 22.6. The summed E-state index contributed by atoms with van der Waals surface area (Å²) in [6.45, 7) is 3.65. The predicted octanol–water partition coefficient (Wildman–Crippen LogP) is 3.60. The zero-order valence-electron chi connectivity index (χ0n) is 15.0. The van der Waals surface area contributed by atoms with Gasteiger partial charge in [0.2, 0.25) is 5.91 Å². The SMILES string of the molecule is Cc1cc(NC(=O)Cn2ncc([N+](=O)[O-])c2C)nn1Cc1ccc(Cl)cc1Cl. The summed E-state index contributed by atoms with van der Waals surface area (Å²) in [6.07, 6.45) is 1.12. The maximum Gasteiger partial charge on any atom is 0.309 e. The van der Waals surface area contributed by atoms with Gasteiger partial charge in [-0.2, -0.15) is 10.2 Å². The third-order valence-corrected chi connectivity index (χ3v) is 4.74. The Morgan fingerprint density at radius 3 is 2.64 bits per heavy atom. The minimum atomic E-state index is -0.538. The second-order valence-electron chi connectivity index (χ2n) is 6.14. The molecule has 0 aliphatic rings. The van der Waals surface area contributed by atoms with Crippen LogP contribution in [0.2, 0.25) is 10.0 Å². The van der Waals surface area contributed by atoms with Crippen LogP contribution < -0.4 is 5.32 Å². The number of aromatic nitrogens is 4. The van der Waals surface area contributed by atoms with Crippen molar-refractivity contribution in [2.24, 2.45) is 0 Å². The van der Waals surface area contributed by atoms with E-state index in [-0.39, 0.29) is 12.2 Å². The summed E-state index contributed by atoms with van der Waals surface area (Å²) in [5, 5.41) is 22.9. The lowest BCUT2D eigenvalue weighted by Gasteiger charge is -2.07. The maximum absolute atomic E-state index is 12.3. The highest BCUT2D eigenvalue weighted by atomic mass is 35.5. The molecular weight excluding hydrogens is 407 g/mol. The van der Waals surface area contributed by atoms with Crippen molar-refractivity contribution in [2.75, 3.05) is 5.32 Å². The van der Waals surface area contributed by atoms with Crippen LogP contribution in [0.5, 0.6) is 0 Å². The minimum Gasteiger partial charge on any atom is -0.308 e. The Hall–Kier alpha value is -2.91. The van der Waals surface area contributed by atoms with Gasteiger partial charge in [-0.05, 0) is 31.5 Å². The molecule has 0 spiro atoms. The molecule has 1 N–H and O–H groups in total. The van der Waals surface area contributed by atoms with Gasteiger partial charge in [-0.25, -0.2) is 0 Å². The quantitative estimate of drug-likeness (QED) is 0.482. The fourth-order valence-electron chi connectivity index (χ4n) is 2.64. The van der Waals surface area contributed by atoms with E-state index in [2.05, 4.69) is 15.5 Å². The predicted molar refractivity (Wildman–Crippen MR) is 105 cm³/mol. The molecule has 11 heteroatoms. The standard InChI is InChI=1S/C17H16Cl2N6O3/c1-10-5-16(22-23(10)8-12-3-4-13(18)6-14(12)19)21-17(26)9-24-11(2)15(7-20-24)25(27)28/h3-7H,8-9H2,1-2H3,(H,21,22,26). The number of nitro groups is 1. The highest BCUT2D eigenvalue weighted by Gasteiger charge is 2.18. The van der Waals surface area contributed by atoms with Crippen molar-refractivity contribution in [3.63, 3.8) is 0 Å². The van der Waals surface area contributed by atoms with E-state index in [1.807, 2.05) is 13.0 Å². The van der Waals surface area contributed by atoms with E-state index in [1.54, 1.807) is 22.9 Å². The number of carbonyl (C=O) groups excluding carboxylic acids is 1. The Morgan fingerprint density at radius 1 is 1.25 bits per heavy atom. The van der Waals surface area contributed by atoms with Crippen molar-refractivity contribution in [3.8, 4) is 0 Å². The van der Waals surface area contributed by atoms with E-state index in [4.69, 9.17) is 23.2 Å². The highest BCUT2D eigenvalue weighted by Crippen LogP contribution is 2.22. The van der Waals surface area contributed by atoms with Gasteiger partial charge in [0, 0.05) is 21.8 Å². The molecule has 3 rings (SSSR count). The molecule has 0 atom stereocenters. The Kier molecular flexibility index (Phi) is 5.66. The summed E-state index contributed by atoms with van der Waals surface area (Å²) in [7, 11) is 0. The van der Waals surface area contributed by atoms with Crippen molar-refractivity contribution < 1.29 is 9.72 Å². The second-order valence-corrected chi connectivity index (χ2v) is 6.99. The van der Waals surface area contributed by atoms with Crippen LogP contribution in [0.25, 0.3) is 0 Å². The number of nitrogens with one attached hydrogen (secondary N) is 1. The summed E-state index contributed by atoms with van der Waals surface area (Å²) < 4.78 is 2.97. The number of nitrogens with zero attached hydrogens (tertiary/aromatic N) is 5. The van der Waals surface area contributed by atoms with Crippen molar-refractivity contribution in [2.45, 2.75) is 26.9 Å². The monoisotopic (exact) mass is 422 g/mol. The lowest BCUT2D eigenvalue weighted by molar-refractivity contribution is -0.385. The number of halogens is 2. The van der Waals surface area contributed by atoms with E-state index < -0.39 is 10.8 Å².